The van der Waals surface area contributed by atoms with Gasteiger partial charge >= 0.3 is 6.11 Å². The minimum absolute atomic E-state index is 0.0661. The zero-order valence-corrected chi connectivity index (χ0v) is 21.7. The quantitative estimate of drug-likeness (QED) is 0.118. The molecule has 2 nitrogen and oxygen atoms in total. The Hall–Kier alpha value is -3.66. The molecule has 3 aromatic carbocycles. The Morgan fingerprint density at radius 2 is 1.68 bits per heavy atom. The van der Waals surface area contributed by atoms with Gasteiger partial charge in [0.15, 0.2) is 17.5 Å². The smallest absolute Gasteiger partial charge is 0.429 e. The summed E-state index contributed by atoms with van der Waals surface area (Å²) in [5.41, 5.74) is 1.32. The third kappa shape index (κ3) is 5.63. The summed E-state index contributed by atoms with van der Waals surface area (Å²) in [5.74, 6) is -9.60. The number of aromatic nitrogens is 1. The van der Waals surface area contributed by atoms with Gasteiger partial charge in [-0.05, 0) is 67.9 Å². The summed E-state index contributed by atoms with van der Waals surface area (Å²) in [6, 6.07) is 7.48. The average molecular weight is 578 g/mol. The average Bonchev–Trinajstić information content (AvgIpc) is 3.33. The van der Waals surface area contributed by atoms with Crippen molar-refractivity contribution in [1.29, 1.82) is 0 Å². The molecule has 1 unspecified atom stereocenters. The molecular formula is C30H22F7NOS. The number of nitrogens with zero attached hydrogens (tertiary/aromatic N) is 1. The van der Waals surface area contributed by atoms with Crippen LogP contribution in [0.4, 0.5) is 30.7 Å². The number of ether oxygens (including phenoxy) is 1. The SMILES string of the molecule is C=CCCC1=CCC(c2ccc3nc(-c4cc(F)c(C(F)(F)Oc5cc(F)c(F)c(F)c5)c(F)c4)sc3c2)CC1. The fourth-order valence-electron chi connectivity index (χ4n) is 4.79. The Morgan fingerprint density at radius 3 is 2.30 bits per heavy atom. The van der Waals surface area contributed by atoms with E-state index in [0.717, 1.165) is 42.4 Å². The van der Waals surface area contributed by atoms with Crippen molar-refractivity contribution in [2.45, 2.75) is 44.1 Å². The molecule has 0 aliphatic heterocycles. The Bertz CT molecular complexity index is 1580. The summed E-state index contributed by atoms with van der Waals surface area (Å²) in [6.07, 6.45) is 4.41. The van der Waals surface area contributed by atoms with E-state index in [1.54, 1.807) is 0 Å². The molecule has 10 heteroatoms. The van der Waals surface area contributed by atoms with Gasteiger partial charge in [-0.3, -0.25) is 0 Å². The van der Waals surface area contributed by atoms with Gasteiger partial charge in [0.2, 0.25) is 0 Å². The van der Waals surface area contributed by atoms with Crippen LogP contribution in [-0.2, 0) is 6.11 Å². The summed E-state index contributed by atoms with van der Waals surface area (Å²) >= 11 is 1.17. The van der Waals surface area contributed by atoms with Gasteiger partial charge in [0, 0.05) is 17.7 Å². The number of fused-ring (bicyclic) bond motifs is 1. The second-order valence-corrected chi connectivity index (χ2v) is 10.6. The summed E-state index contributed by atoms with van der Waals surface area (Å²) in [4.78, 5) is 4.41. The van der Waals surface area contributed by atoms with E-state index in [1.165, 1.54) is 16.9 Å². The summed E-state index contributed by atoms with van der Waals surface area (Å²) in [5, 5.41) is 0.221. The lowest BCUT2D eigenvalue weighted by Gasteiger charge is -2.22. The highest BCUT2D eigenvalue weighted by Crippen LogP contribution is 2.40. The third-order valence-electron chi connectivity index (χ3n) is 6.84. The van der Waals surface area contributed by atoms with Crippen molar-refractivity contribution in [3.63, 3.8) is 0 Å². The maximum Gasteiger partial charge on any atom is 0.432 e. The minimum Gasteiger partial charge on any atom is -0.429 e. The zero-order valence-electron chi connectivity index (χ0n) is 20.9. The van der Waals surface area contributed by atoms with E-state index in [4.69, 9.17) is 0 Å². The van der Waals surface area contributed by atoms with Gasteiger partial charge < -0.3 is 4.74 Å². The predicted octanol–water partition coefficient (Wildman–Crippen LogP) is 9.95. The van der Waals surface area contributed by atoms with E-state index >= 15 is 0 Å². The fourth-order valence-corrected chi connectivity index (χ4v) is 5.79. The van der Waals surface area contributed by atoms with E-state index in [9.17, 15) is 30.7 Å². The molecule has 1 aliphatic carbocycles. The van der Waals surface area contributed by atoms with Crippen molar-refractivity contribution < 1.29 is 35.5 Å². The number of benzene rings is 3. The lowest BCUT2D eigenvalue weighted by Crippen LogP contribution is -2.25. The Morgan fingerprint density at radius 1 is 0.975 bits per heavy atom. The van der Waals surface area contributed by atoms with Gasteiger partial charge in [0.25, 0.3) is 0 Å². The normalized spacial score (nSPS) is 15.8. The van der Waals surface area contributed by atoms with Crippen LogP contribution in [0.5, 0.6) is 5.75 Å². The molecule has 0 saturated carbocycles. The van der Waals surface area contributed by atoms with Crippen molar-refractivity contribution in [2.24, 2.45) is 0 Å². The number of hydrogen-bond donors (Lipinski definition) is 0. The molecule has 0 radical (unpaired) electrons. The van der Waals surface area contributed by atoms with E-state index in [0.29, 0.717) is 23.6 Å². The lowest BCUT2D eigenvalue weighted by molar-refractivity contribution is -0.189. The van der Waals surface area contributed by atoms with Crippen LogP contribution >= 0.6 is 11.3 Å². The molecule has 40 heavy (non-hydrogen) atoms. The highest BCUT2D eigenvalue weighted by atomic mass is 32.1. The monoisotopic (exact) mass is 577 g/mol. The highest BCUT2D eigenvalue weighted by molar-refractivity contribution is 7.21. The molecular weight excluding hydrogens is 555 g/mol. The standard InChI is InChI=1S/C30H22F7NOS/c1-2-3-4-16-5-7-17(8-6-16)18-9-10-25-26(13-18)40-29(38-25)19-11-21(31)27(22(32)12-19)30(36,37)39-20-14-23(33)28(35)24(34)15-20/h2,5,9-15,17H,1,3-4,6-8H2. The Labute approximate surface area is 229 Å². The van der Waals surface area contributed by atoms with Gasteiger partial charge in [0.1, 0.15) is 28.0 Å². The molecule has 1 aromatic heterocycles. The van der Waals surface area contributed by atoms with E-state index in [1.807, 2.05) is 24.3 Å². The maximum absolute atomic E-state index is 14.8. The minimum atomic E-state index is -4.66. The van der Waals surface area contributed by atoms with Gasteiger partial charge in [0.05, 0.1) is 10.2 Å². The first-order valence-corrected chi connectivity index (χ1v) is 13.3. The summed E-state index contributed by atoms with van der Waals surface area (Å²) < 4.78 is 104. The maximum atomic E-state index is 14.8. The van der Waals surface area contributed by atoms with Gasteiger partial charge in [-0.2, -0.15) is 8.78 Å². The largest absolute Gasteiger partial charge is 0.432 e. The van der Waals surface area contributed by atoms with E-state index < -0.39 is 46.5 Å². The number of rotatable bonds is 8. The first-order valence-electron chi connectivity index (χ1n) is 12.5. The molecule has 4 aromatic rings. The molecule has 0 spiro atoms. The van der Waals surface area contributed by atoms with Crippen LogP contribution in [0.1, 0.15) is 49.1 Å². The van der Waals surface area contributed by atoms with Crippen molar-refractivity contribution >= 4 is 21.6 Å². The number of thiazole rings is 1. The Balaban J connectivity index is 1.39. The Kier molecular flexibility index (Phi) is 7.72. The summed E-state index contributed by atoms with van der Waals surface area (Å²) in [6.45, 7) is 3.76. The molecule has 5 rings (SSSR count). The topological polar surface area (TPSA) is 22.1 Å². The van der Waals surface area contributed by atoms with Crippen LogP contribution < -0.4 is 4.74 Å². The molecule has 0 amide bonds. The molecule has 1 atom stereocenters. The van der Waals surface area contributed by atoms with Crippen molar-refractivity contribution in [2.75, 3.05) is 0 Å². The molecule has 0 fully saturated rings. The highest BCUT2D eigenvalue weighted by Gasteiger charge is 2.41. The lowest BCUT2D eigenvalue weighted by atomic mass is 9.83. The van der Waals surface area contributed by atoms with Crippen molar-refractivity contribution in [1.82, 2.24) is 4.98 Å². The zero-order chi connectivity index (χ0) is 28.6. The summed E-state index contributed by atoms with van der Waals surface area (Å²) in [7, 11) is 0. The number of hydrogen-bond acceptors (Lipinski definition) is 3. The van der Waals surface area contributed by atoms with Crippen LogP contribution in [0.15, 0.2) is 66.8 Å². The molecule has 1 heterocycles. The van der Waals surface area contributed by atoms with Crippen molar-refractivity contribution in [3.8, 4) is 16.3 Å². The first kappa shape index (κ1) is 27.9. The fraction of sp³-hybridized carbons (Fsp3) is 0.233. The molecule has 0 N–H and O–H groups in total. The second-order valence-electron chi connectivity index (χ2n) is 9.54. The van der Waals surface area contributed by atoms with Crippen molar-refractivity contribution in [3.05, 3.63) is 107 Å². The number of allylic oxidation sites excluding steroid dienone is 3. The first-order chi connectivity index (χ1) is 19.1. The number of alkyl halides is 2. The molecule has 1 aliphatic rings. The predicted molar refractivity (Wildman–Crippen MR) is 140 cm³/mol. The molecule has 208 valence electrons. The van der Waals surface area contributed by atoms with Crippen LogP contribution in [0, 0.1) is 29.1 Å². The molecule has 0 saturated heterocycles. The number of halogens is 7. The second kappa shape index (κ2) is 11.1. The van der Waals surface area contributed by atoms with Gasteiger partial charge in [-0.15, -0.1) is 17.9 Å². The van der Waals surface area contributed by atoms with Crippen LogP contribution in [-0.4, -0.2) is 4.98 Å². The molecule has 0 bridgehead atoms. The van der Waals surface area contributed by atoms with Crippen LogP contribution in [0.25, 0.3) is 20.8 Å². The van der Waals surface area contributed by atoms with Crippen LogP contribution in [0.2, 0.25) is 0 Å². The van der Waals surface area contributed by atoms with Gasteiger partial charge in [-0.1, -0.05) is 23.8 Å². The third-order valence-corrected chi connectivity index (χ3v) is 7.91. The van der Waals surface area contributed by atoms with Gasteiger partial charge in [-0.25, -0.2) is 26.9 Å². The van der Waals surface area contributed by atoms with Crippen LogP contribution in [0.3, 0.4) is 0 Å². The van der Waals surface area contributed by atoms with E-state index in [-0.39, 0.29) is 22.7 Å². The van der Waals surface area contributed by atoms with E-state index in [2.05, 4.69) is 22.4 Å².